The van der Waals surface area contributed by atoms with Gasteiger partial charge in [0.2, 0.25) is 0 Å². The Morgan fingerprint density at radius 3 is 2.52 bits per heavy atom. The van der Waals surface area contributed by atoms with Crippen molar-refractivity contribution in [3.8, 4) is 17.6 Å². The number of methoxy groups -OCH3 is 2. The number of halogens is 1. The fraction of sp³-hybridized carbons (Fsp3) is 0.333. The van der Waals surface area contributed by atoms with Crippen LogP contribution in [0.1, 0.15) is 19.4 Å². The standard InChI is InChI=1S/C15H17BrN2O3/c1-9(2)18-15(19)11(8-17)5-10-6-12(16)14(21-4)13(7-10)20-3/h5-7,9H,1-4H3,(H,18,19)/b11-5-. The van der Waals surface area contributed by atoms with Gasteiger partial charge < -0.3 is 14.8 Å². The van der Waals surface area contributed by atoms with Gasteiger partial charge in [-0.15, -0.1) is 0 Å². The Balaban J connectivity index is 3.21. The van der Waals surface area contributed by atoms with E-state index in [0.717, 1.165) is 0 Å². The van der Waals surface area contributed by atoms with Crippen molar-refractivity contribution in [2.24, 2.45) is 0 Å². The van der Waals surface area contributed by atoms with Gasteiger partial charge in [0.1, 0.15) is 11.6 Å². The lowest BCUT2D eigenvalue weighted by atomic mass is 10.1. The summed E-state index contributed by atoms with van der Waals surface area (Å²) in [4.78, 5) is 11.9. The topological polar surface area (TPSA) is 71.3 Å². The maximum atomic E-state index is 11.9. The van der Waals surface area contributed by atoms with Gasteiger partial charge >= 0.3 is 0 Å². The van der Waals surface area contributed by atoms with Crippen LogP contribution < -0.4 is 14.8 Å². The van der Waals surface area contributed by atoms with Gasteiger partial charge in [0.25, 0.3) is 5.91 Å². The molecule has 112 valence electrons. The van der Waals surface area contributed by atoms with Crippen molar-refractivity contribution >= 4 is 27.9 Å². The Hall–Kier alpha value is -2.00. The van der Waals surface area contributed by atoms with E-state index in [9.17, 15) is 4.79 Å². The summed E-state index contributed by atoms with van der Waals surface area (Å²) >= 11 is 3.37. The summed E-state index contributed by atoms with van der Waals surface area (Å²) < 4.78 is 11.1. The molecule has 0 heterocycles. The molecule has 0 spiro atoms. The van der Waals surface area contributed by atoms with Crippen LogP contribution in [0.3, 0.4) is 0 Å². The molecule has 6 heteroatoms. The number of rotatable bonds is 5. The summed E-state index contributed by atoms with van der Waals surface area (Å²) in [6, 6.07) is 5.32. The predicted octanol–water partition coefficient (Wildman–Crippen LogP) is 2.90. The summed E-state index contributed by atoms with van der Waals surface area (Å²) in [5.74, 6) is 0.665. The van der Waals surface area contributed by atoms with Crippen molar-refractivity contribution in [3.05, 3.63) is 27.7 Å². The first-order chi connectivity index (χ1) is 9.92. The van der Waals surface area contributed by atoms with E-state index in [1.807, 2.05) is 19.9 Å². The maximum absolute atomic E-state index is 11.9. The number of nitrogens with zero attached hydrogens (tertiary/aromatic N) is 1. The molecular weight excluding hydrogens is 336 g/mol. The van der Waals surface area contributed by atoms with Gasteiger partial charge in [-0.3, -0.25) is 4.79 Å². The van der Waals surface area contributed by atoms with Crippen LogP contribution >= 0.6 is 15.9 Å². The summed E-state index contributed by atoms with van der Waals surface area (Å²) in [5, 5.41) is 11.8. The van der Waals surface area contributed by atoms with Crippen molar-refractivity contribution < 1.29 is 14.3 Å². The molecule has 21 heavy (non-hydrogen) atoms. The van der Waals surface area contributed by atoms with E-state index in [-0.39, 0.29) is 11.6 Å². The number of amides is 1. The highest BCUT2D eigenvalue weighted by atomic mass is 79.9. The molecule has 0 aliphatic carbocycles. The van der Waals surface area contributed by atoms with Gasteiger partial charge in [-0.05, 0) is 53.5 Å². The van der Waals surface area contributed by atoms with Crippen molar-refractivity contribution in [2.75, 3.05) is 14.2 Å². The number of hydrogen-bond acceptors (Lipinski definition) is 4. The van der Waals surface area contributed by atoms with Gasteiger partial charge in [-0.25, -0.2) is 0 Å². The highest BCUT2D eigenvalue weighted by Gasteiger charge is 2.13. The Kier molecular flexibility index (Phi) is 6.25. The zero-order chi connectivity index (χ0) is 16.0. The molecule has 0 saturated carbocycles. The third kappa shape index (κ3) is 4.50. The SMILES string of the molecule is COc1cc(/C=C(/C#N)C(=O)NC(C)C)cc(Br)c1OC. The van der Waals surface area contributed by atoms with Crippen molar-refractivity contribution in [3.63, 3.8) is 0 Å². The number of carbonyl (C=O) groups is 1. The van der Waals surface area contributed by atoms with E-state index in [4.69, 9.17) is 14.7 Å². The number of nitriles is 1. The van der Waals surface area contributed by atoms with Gasteiger partial charge in [0.05, 0.1) is 18.7 Å². The molecule has 1 amide bonds. The fourth-order valence-corrected chi connectivity index (χ4v) is 2.30. The smallest absolute Gasteiger partial charge is 0.262 e. The van der Waals surface area contributed by atoms with Gasteiger partial charge in [0.15, 0.2) is 11.5 Å². The van der Waals surface area contributed by atoms with Crippen molar-refractivity contribution in [2.45, 2.75) is 19.9 Å². The Bertz CT molecular complexity index is 604. The Labute approximate surface area is 132 Å². The minimum absolute atomic E-state index is 0.0304. The minimum atomic E-state index is -0.404. The largest absolute Gasteiger partial charge is 0.493 e. The van der Waals surface area contributed by atoms with E-state index in [2.05, 4.69) is 21.2 Å². The van der Waals surface area contributed by atoms with Crippen molar-refractivity contribution in [1.82, 2.24) is 5.32 Å². The minimum Gasteiger partial charge on any atom is -0.493 e. The lowest BCUT2D eigenvalue weighted by molar-refractivity contribution is -0.117. The van der Waals surface area contributed by atoms with E-state index in [1.165, 1.54) is 20.3 Å². The highest BCUT2D eigenvalue weighted by Crippen LogP contribution is 2.36. The monoisotopic (exact) mass is 352 g/mol. The summed E-state index contributed by atoms with van der Waals surface area (Å²) in [6.07, 6.45) is 1.50. The van der Waals surface area contributed by atoms with Crippen LogP contribution in [0.4, 0.5) is 0 Å². The molecule has 1 aromatic carbocycles. The second kappa shape index (κ2) is 7.70. The molecule has 1 aromatic rings. The Morgan fingerprint density at radius 2 is 2.05 bits per heavy atom. The van der Waals surface area contributed by atoms with Crippen molar-refractivity contribution in [1.29, 1.82) is 5.26 Å². The molecule has 1 rings (SSSR count). The lowest BCUT2D eigenvalue weighted by Crippen LogP contribution is -2.30. The van der Waals surface area contributed by atoms with E-state index >= 15 is 0 Å². The van der Waals surface area contributed by atoms with Crippen LogP contribution in [0.5, 0.6) is 11.5 Å². The number of ether oxygens (including phenoxy) is 2. The van der Waals surface area contributed by atoms with Crippen LogP contribution in [0.2, 0.25) is 0 Å². The van der Waals surface area contributed by atoms with Crippen LogP contribution in [0.15, 0.2) is 22.2 Å². The molecule has 0 bridgehead atoms. The molecule has 0 unspecified atom stereocenters. The molecule has 0 aliphatic rings. The van der Waals surface area contributed by atoms with Gasteiger partial charge in [-0.1, -0.05) is 0 Å². The zero-order valence-electron chi connectivity index (χ0n) is 12.4. The molecule has 0 aliphatic heterocycles. The molecule has 0 aromatic heterocycles. The first-order valence-electron chi connectivity index (χ1n) is 6.27. The van der Waals surface area contributed by atoms with Crippen LogP contribution in [0.25, 0.3) is 6.08 Å². The molecule has 0 radical (unpaired) electrons. The summed E-state index contributed by atoms with van der Waals surface area (Å²) in [5.41, 5.74) is 0.692. The third-order valence-corrected chi connectivity index (χ3v) is 3.14. The van der Waals surface area contributed by atoms with Crippen LogP contribution in [0, 0.1) is 11.3 Å². The van der Waals surface area contributed by atoms with E-state index in [0.29, 0.717) is 21.5 Å². The quantitative estimate of drug-likeness (QED) is 0.653. The number of nitrogens with one attached hydrogen (secondary N) is 1. The highest BCUT2D eigenvalue weighted by molar-refractivity contribution is 9.10. The number of carbonyl (C=O) groups excluding carboxylic acids is 1. The fourth-order valence-electron chi connectivity index (χ4n) is 1.68. The second-order valence-corrected chi connectivity index (χ2v) is 5.39. The van der Waals surface area contributed by atoms with E-state index < -0.39 is 5.91 Å². The van der Waals surface area contributed by atoms with Gasteiger partial charge in [-0.2, -0.15) is 5.26 Å². The lowest BCUT2D eigenvalue weighted by Gasteiger charge is -2.11. The zero-order valence-corrected chi connectivity index (χ0v) is 13.9. The molecule has 0 fully saturated rings. The average molecular weight is 353 g/mol. The van der Waals surface area contributed by atoms with Crippen LogP contribution in [-0.2, 0) is 4.79 Å². The average Bonchev–Trinajstić information content (AvgIpc) is 2.43. The number of benzene rings is 1. The summed E-state index contributed by atoms with van der Waals surface area (Å²) in [6.45, 7) is 3.67. The van der Waals surface area contributed by atoms with Gasteiger partial charge in [0, 0.05) is 6.04 Å². The third-order valence-electron chi connectivity index (χ3n) is 2.55. The molecule has 5 nitrogen and oxygen atoms in total. The molecule has 1 N–H and O–H groups in total. The maximum Gasteiger partial charge on any atom is 0.262 e. The second-order valence-electron chi connectivity index (χ2n) is 4.54. The Morgan fingerprint density at radius 1 is 1.38 bits per heavy atom. The van der Waals surface area contributed by atoms with Crippen LogP contribution in [-0.4, -0.2) is 26.2 Å². The normalized spacial score (nSPS) is 11.0. The predicted molar refractivity (Wildman–Crippen MR) is 84.1 cm³/mol. The molecule has 0 atom stereocenters. The molecule has 0 saturated heterocycles. The summed E-state index contributed by atoms with van der Waals surface area (Å²) in [7, 11) is 3.06. The molecular formula is C15H17BrN2O3. The number of hydrogen-bond donors (Lipinski definition) is 1. The first kappa shape index (κ1) is 17.1. The van der Waals surface area contributed by atoms with E-state index in [1.54, 1.807) is 12.1 Å². The first-order valence-corrected chi connectivity index (χ1v) is 7.06.